The van der Waals surface area contributed by atoms with Gasteiger partial charge in [-0.3, -0.25) is 4.79 Å². The van der Waals surface area contributed by atoms with E-state index in [1.54, 1.807) is 43.8 Å². The Morgan fingerprint density at radius 2 is 1.72 bits per heavy atom. The fraction of sp³-hybridized carbons (Fsp3) is 0.0909. The molecule has 1 aromatic heterocycles. The Hall–Kier alpha value is -2.90. The molecule has 5 nitrogen and oxygen atoms in total. The maximum absolute atomic E-state index is 12.9. The molecule has 0 saturated carbocycles. The predicted molar refractivity (Wildman–Crippen MR) is 120 cm³/mol. The minimum atomic E-state index is -0.258. The van der Waals surface area contributed by atoms with Crippen LogP contribution in [-0.2, 0) is 0 Å². The third-order valence-electron chi connectivity index (χ3n) is 4.37. The number of benzene rings is 3. The SMILES string of the molecule is COc1cc(OC)cc(C(=O)Nc2ccc(Br)cc2-c2nc3ccccc3s2)c1. The van der Waals surface area contributed by atoms with Crippen LogP contribution in [0.3, 0.4) is 0 Å². The largest absolute Gasteiger partial charge is 0.497 e. The number of hydrogen-bond donors (Lipinski definition) is 1. The summed E-state index contributed by atoms with van der Waals surface area (Å²) in [6.45, 7) is 0. The van der Waals surface area contributed by atoms with Crippen molar-refractivity contribution in [2.24, 2.45) is 0 Å². The molecule has 7 heteroatoms. The second-order valence-electron chi connectivity index (χ2n) is 6.23. The minimum Gasteiger partial charge on any atom is -0.497 e. The Kier molecular flexibility index (Phi) is 5.51. The maximum atomic E-state index is 12.9. The number of nitrogens with zero attached hydrogens (tertiary/aromatic N) is 1. The number of fused-ring (bicyclic) bond motifs is 1. The average molecular weight is 469 g/mol. The van der Waals surface area contributed by atoms with Crippen LogP contribution in [0.1, 0.15) is 10.4 Å². The fourth-order valence-corrected chi connectivity index (χ4v) is 4.28. The van der Waals surface area contributed by atoms with Crippen molar-refractivity contribution in [1.29, 1.82) is 0 Å². The molecule has 146 valence electrons. The molecule has 0 saturated heterocycles. The van der Waals surface area contributed by atoms with E-state index in [0.29, 0.717) is 22.7 Å². The summed E-state index contributed by atoms with van der Waals surface area (Å²) in [5, 5.41) is 3.83. The van der Waals surface area contributed by atoms with Crippen molar-refractivity contribution < 1.29 is 14.3 Å². The molecule has 0 unspecified atom stereocenters. The highest BCUT2D eigenvalue weighted by Gasteiger charge is 2.16. The highest BCUT2D eigenvalue weighted by Crippen LogP contribution is 2.36. The molecule has 0 aliphatic carbocycles. The van der Waals surface area contributed by atoms with Gasteiger partial charge in [-0.25, -0.2) is 4.98 Å². The van der Waals surface area contributed by atoms with Crippen LogP contribution in [0.15, 0.2) is 65.1 Å². The molecule has 0 atom stereocenters. The molecule has 0 radical (unpaired) electrons. The van der Waals surface area contributed by atoms with Gasteiger partial charge in [0.2, 0.25) is 0 Å². The van der Waals surface area contributed by atoms with Gasteiger partial charge in [0.25, 0.3) is 5.91 Å². The van der Waals surface area contributed by atoms with Gasteiger partial charge in [0.1, 0.15) is 16.5 Å². The topological polar surface area (TPSA) is 60.5 Å². The molecule has 29 heavy (non-hydrogen) atoms. The van der Waals surface area contributed by atoms with E-state index in [2.05, 4.69) is 21.2 Å². The Morgan fingerprint density at radius 3 is 2.41 bits per heavy atom. The van der Waals surface area contributed by atoms with Crippen LogP contribution in [0.4, 0.5) is 5.69 Å². The summed E-state index contributed by atoms with van der Waals surface area (Å²) in [5.41, 5.74) is 2.91. The van der Waals surface area contributed by atoms with Crippen molar-refractivity contribution in [2.45, 2.75) is 0 Å². The van der Waals surface area contributed by atoms with E-state index in [0.717, 1.165) is 25.3 Å². The number of anilines is 1. The first-order valence-corrected chi connectivity index (χ1v) is 10.4. The molecule has 1 amide bonds. The number of para-hydroxylation sites is 1. The molecule has 0 aliphatic rings. The van der Waals surface area contributed by atoms with Crippen molar-refractivity contribution in [2.75, 3.05) is 19.5 Å². The molecular weight excluding hydrogens is 452 g/mol. The van der Waals surface area contributed by atoms with E-state index in [1.807, 2.05) is 42.5 Å². The van der Waals surface area contributed by atoms with Gasteiger partial charge >= 0.3 is 0 Å². The third-order valence-corrected chi connectivity index (χ3v) is 5.93. The van der Waals surface area contributed by atoms with Gasteiger partial charge in [-0.05, 0) is 42.5 Å². The third kappa shape index (κ3) is 4.11. The number of amides is 1. The van der Waals surface area contributed by atoms with Crippen molar-refractivity contribution in [3.05, 3.63) is 70.7 Å². The van der Waals surface area contributed by atoms with Crippen LogP contribution in [0.25, 0.3) is 20.8 Å². The van der Waals surface area contributed by atoms with E-state index in [4.69, 9.17) is 14.5 Å². The van der Waals surface area contributed by atoms with Crippen LogP contribution in [0.5, 0.6) is 11.5 Å². The first-order chi connectivity index (χ1) is 14.1. The second-order valence-corrected chi connectivity index (χ2v) is 8.18. The quantitative estimate of drug-likeness (QED) is 0.390. The summed E-state index contributed by atoms with van der Waals surface area (Å²) in [5.74, 6) is 0.847. The molecule has 4 rings (SSSR count). The smallest absolute Gasteiger partial charge is 0.255 e. The standard InChI is InChI=1S/C22H17BrN2O3S/c1-27-15-9-13(10-16(12-15)28-2)21(26)24-18-8-7-14(23)11-17(18)22-25-19-5-3-4-6-20(19)29-22/h3-12H,1-2H3,(H,24,26). The highest BCUT2D eigenvalue weighted by atomic mass is 79.9. The normalized spacial score (nSPS) is 10.7. The molecule has 0 aliphatic heterocycles. The lowest BCUT2D eigenvalue weighted by Crippen LogP contribution is -2.13. The second kappa shape index (κ2) is 8.23. The minimum absolute atomic E-state index is 0.258. The molecule has 1 heterocycles. The van der Waals surface area contributed by atoms with Gasteiger partial charge in [-0.2, -0.15) is 0 Å². The molecular formula is C22H17BrN2O3S. The number of carbonyl (C=O) groups excluding carboxylic acids is 1. The molecule has 0 bridgehead atoms. The van der Waals surface area contributed by atoms with Crippen LogP contribution < -0.4 is 14.8 Å². The number of aromatic nitrogens is 1. The summed E-state index contributed by atoms with van der Waals surface area (Å²) >= 11 is 5.10. The first kappa shape index (κ1) is 19.4. The zero-order valence-corrected chi connectivity index (χ0v) is 18.1. The van der Waals surface area contributed by atoms with Crippen LogP contribution in [-0.4, -0.2) is 25.1 Å². The van der Waals surface area contributed by atoms with E-state index in [-0.39, 0.29) is 5.91 Å². The number of carbonyl (C=O) groups is 1. The zero-order valence-electron chi connectivity index (χ0n) is 15.7. The van der Waals surface area contributed by atoms with E-state index in [1.165, 1.54) is 0 Å². The van der Waals surface area contributed by atoms with Gasteiger partial charge in [0.15, 0.2) is 0 Å². The number of rotatable bonds is 5. The van der Waals surface area contributed by atoms with E-state index < -0.39 is 0 Å². The lowest BCUT2D eigenvalue weighted by atomic mass is 10.1. The van der Waals surface area contributed by atoms with Crippen LogP contribution >= 0.6 is 27.3 Å². The fourth-order valence-electron chi connectivity index (χ4n) is 2.92. The summed E-state index contributed by atoms with van der Waals surface area (Å²) < 4.78 is 12.5. The number of nitrogens with one attached hydrogen (secondary N) is 1. The number of hydrogen-bond acceptors (Lipinski definition) is 5. The Balaban J connectivity index is 1.72. The zero-order chi connectivity index (χ0) is 20.4. The van der Waals surface area contributed by atoms with E-state index >= 15 is 0 Å². The van der Waals surface area contributed by atoms with Gasteiger partial charge in [0.05, 0.1) is 30.1 Å². The molecule has 4 aromatic rings. The van der Waals surface area contributed by atoms with Crippen LogP contribution in [0, 0.1) is 0 Å². The summed E-state index contributed by atoms with van der Waals surface area (Å²) in [7, 11) is 3.10. The summed E-state index contributed by atoms with van der Waals surface area (Å²) in [6, 6.07) is 18.8. The Labute approximate surface area is 180 Å². The molecule has 0 spiro atoms. The lowest BCUT2D eigenvalue weighted by Gasteiger charge is -2.12. The Bertz CT molecular complexity index is 1150. The van der Waals surface area contributed by atoms with Gasteiger partial charge in [-0.15, -0.1) is 11.3 Å². The molecule has 0 fully saturated rings. The lowest BCUT2D eigenvalue weighted by molar-refractivity contribution is 0.102. The molecule has 3 aromatic carbocycles. The van der Waals surface area contributed by atoms with Crippen molar-refractivity contribution in [3.63, 3.8) is 0 Å². The van der Waals surface area contributed by atoms with Crippen molar-refractivity contribution >= 4 is 49.1 Å². The van der Waals surface area contributed by atoms with Crippen molar-refractivity contribution in [3.8, 4) is 22.1 Å². The highest BCUT2D eigenvalue weighted by molar-refractivity contribution is 9.10. The summed E-state index contributed by atoms with van der Waals surface area (Å²) in [4.78, 5) is 17.7. The number of thiazole rings is 1. The number of halogens is 1. The van der Waals surface area contributed by atoms with Crippen LogP contribution in [0.2, 0.25) is 0 Å². The van der Waals surface area contributed by atoms with Gasteiger partial charge < -0.3 is 14.8 Å². The maximum Gasteiger partial charge on any atom is 0.255 e. The number of ether oxygens (including phenoxy) is 2. The molecule has 1 N–H and O–H groups in total. The number of methoxy groups -OCH3 is 2. The van der Waals surface area contributed by atoms with Crippen molar-refractivity contribution in [1.82, 2.24) is 4.98 Å². The van der Waals surface area contributed by atoms with Gasteiger partial charge in [-0.1, -0.05) is 28.1 Å². The first-order valence-electron chi connectivity index (χ1n) is 8.77. The Morgan fingerprint density at radius 1 is 1.00 bits per heavy atom. The average Bonchev–Trinajstić information content (AvgIpc) is 3.18. The monoisotopic (exact) mass is 468 g/mol. The van der Waals surface area contributed by atoms with E-state index in [9.17, 15) is 4.79 Å². The van der Waals surface area contributed by atoms with Gasteiger partial charge in [0, 0.05) is 21.7 Å². The summed E-state index contributed by atoms with van der Waals surface area (Å²) in [6.07, 6.45) is 0. The predicted octanol–water partition coefficient (Wildman–Crippen LogP) is 6.00.